The molecular formula is C7H15ClN2O. The highest BCUT2D eigenvalue weighted by Crippen LogP contribution is 2.03. The number of rotatable bonds is 2. The van der Waals surface area contributed by atoms with Crippen LogP contribution in [0.3, 0.4) is 0 Å². The SMILES string of the molecule is Cl.NCCN1CCC(=O)CC1. The molecule has 0 aliphatic carbocycles. The van der Waals surface area contributed by atoms with E-state index in [0.29, 0.717) is 12.3 Å². The van der Waals surface area contributed by atoms with Crippen molar-refractivity contribution >= 4 is 18.2 Å². The van der Waals surface area contributed by atoms with Crippen molar-refractivity contribution in [1.82, 2.24) is 4.90 Å². The van der Waals surface area contributed by atoms with E-state index >= 15 is 0 Å². The number of ketones is 1. The summed E-state index contributed by atoms with van der Waals surface area (Å²) >= 11 is 0. The topological polar surface area (TPSA) is 46.3 Å². The van der Waals surface area contributed by atoms with E-state index in [4.69, 9.17) is 5.73 Å². The quantitative estimate of drug-likeness (QED) is 0.649. The van der Waals surface area contributed by atoms with E-state index in [1.807, 2.05) is 0 Å². The Kier molecular flexibility index (Phi) is 5.46. The smallest absolute Gasteiger partial charge is 0.135 e. The van der Waals surface area contributed by atoms with Gasteiger partial charge in [0.25, 0.3) is 0 Å². The molecule has 1 aliphatic rings. The van der Waals surface area contributed by atoms with Gasteiger partial charge >= 0.3 is 0 Å². The monoisotopic (exact) mass is 178 g/mol. The molecule has 0 aromatic heterocycles. The largest absolute Gasteiger partial charge is 0.329 e. The van der Waals surface area contributed by atoms with Gasteiger partial charge in [0.15, 0.2) is 0 Å². The van der Waals surface area contributed by atoms with Crippen molar-refractivity contribution < 1.29 is 4.79 Å². The van der Waals surface area contributed by atoms with Crippen molar-refractivity contribution in [2.24, 2.45) is 5.73 Å². The van der Waals surface area contributed by atoms with E-state index in [9.17, 15) is 4.79 Å². The van der Waals surface area contributed by atoms with Crippen molar-refractivity contribution in [1.29, 1.82) is 0 Å². The van der Waals surface area contributed by atoms with Gasteiger partial charge in [-0.2, -0.15) is 0 Å². The molecule has 1 heterocycles. The number of hydrogen-bond acceptors (Lipinski definition) is 3. The van der Waals surface area contributed by atoms with Crippen molar-refractivity contribution in [3.63, 3.8) is 0 Å². The first-order valence-electron chi connectivity index (χ1n) is 3.77. The van der Waals surface area contributed by atoms with Gasteiger partial charge in [0, 0.05) is 39.0 Å². The van der Waals surface area contributed by atoms with Crippen LogP contribution in [0.2, 0.25) is 0 Å². The molecule has 0 unspecified atom stereocenters. The van der Waals surface area contributed by atoms with Gasteiger partial charge < -0.3 is 10.6 Å². The van der Waals surface area contributed by atoms with Gasteiger partial charge in [-0.1, -0.05) is 0 Å². The molecule has 1 fully saturated rings. The van der Waals surface area contributed by atoms with Crippen molar-refractivity contribution in [3.05, 3.63) is 0 Å². The summed E-state index contributed by atoms with van der Waals surface area (Å²) in [5.74, 6) is 0.397. The lowest BCUT2D eigenvalue weighted by Crippen LogP contribution is -2.37. The van der Waals surface area contributed by atoms with Crippen LogP contribution >= 0.6 is 12.4 Å². The molecule has 0 aromatic carbocycles. The van der Waals surface area contributed by atoms with Crippen LogP contribution in [0.1, 0.15) is 12.8 Å². The number of likely N-dealkylation sites (tertiary alicyclic amines) is 1. The molecule has 0 bridgehead atoms. The Morgan fingerprint density at radius 1 is 1.36 bits per heavy atom. The van der Waals surface area contributed by atoms with Crippen molar-refractivity contribution in [2.45, 2.75) is 12.8 Å². The summed E-state index contributed by atoms with van der Waals surface area (Å²) < 4.78 is 0. The molecule has 3 nitrogen and oxygen atoms in total. The minimum atomic E-state index is 0. The fraction of sp³-hybridized carbons (Fsp3) is 0.857. The minimum absolute atomic E-state index is 0. The summed E-state index contributed by atoms with van der Waals surface area (Å²) in [6.45, 7) is 3.47. The molecule has 4 heteroatoms. The average Bonchev–Trinajstić information content (AvgIpc) is 1.95. The number of hydrogen-bond donors (Lipinski definition) is 1. The van der Waals surface area contributed by atoms with Crippen LogP contribution in [0, 0.1) is 0 Å². The lowest BCUT2D eigenvalue weighted by Gasteiger charge is -2.24. The molecule has 1 saturated heterocycles. The fourth-order valence-electron chi connectivity index (χ4n) is 1.21. The first-order valence-corrected chi connectivity index (χ1v) is 3.77. The Labute approximate surface area is 73.3 Å². The van der Waals surface area contributed by atoms with Gasteiger partial charge in [-0.05, 0) is 0 Å². The van der Waals surface area contributed by atoms with Crippen LogP contribution in [-0.2, 0) is 4.79 Å². The molecule has 11 heavy (non-hydrogen) atoms. The summed E-state index contributed by atoms with van der Waals surface area (Å²) in [5, 5.41) is 0. The molecule has 0 aromatic rings. The third-order valence-electron chi connectivity index (χ3n) is 1.86. The molecule has 0 saturated carbocycles. The van der Waals surface area contributed by atoms with E-state index in [2.05, 4.69) is 4.90 Å². The third-order valence-corrected chi connectivity index (χ3v) is 1.86. The number of halogens is 1. The van der Waals surface area contributed by atoms with Gasteiger partial charge in [0.2, 0.25) is 0 Å². The van der Waals surface area contributed by atoms with Crippen LogP contribution in [0.4, 0.5) is 0 Å². The first kappa shape index (κ1) is 10.9. The first-order chi connectivity index (χ1) is 4.83. The molecule has 1 aliphatic heterocycles. The highest BCUT2D eigenvalue weighted by Gasteiger charge is 2.14. The Bertz CT molecular complexity index is 120. The predicted molar refractivity (Wildman–Crippen MR) is 47.0 cm³/mol. The van der Waals surface area contributed by atoms with E-state index in [-0.39, 0.29) is 12.4 Å². The molecule has 0 spiro atoms. The van der Waals surface area contributed by atoms with E-state index < -0.39 is 0 Å². The Morgan fingerprint density at radius 3 is 2.36 bits per heavy atom. The Morgan fingerprint density at radius 2 is 1.91 bits per heavy atom. The zero-order valence-corrected chi connectivity index (χ0v) is 7.40. The highest BCUT2D eigenvalue weighted by atomic mass is 35.5. The van der Waals surface area contributed by atoms with Crippen LogP contribution in [0.15, 0.2) is 0 Å². The number of carbonyl (C=O) groups is 1. The summed E-state index contributed by atoms with van der Waals surface area (Å²) in [4.78, 5) is 13.0. The predicted octanol–water partition coefficient (Wildman–Crippen LogP) is 0.0318. The second-order valence-corrected chi connectivity index (χ2v) is 2.67. The lowest BCUT2D eigenvalue weighted by atomic mass is 10.1. The van der Waals surface area contributed by atoms with Crippen LogP contribution in [0.25, 0.3) is 0 Å². The highest BCUT2D eigenvalue weighted by molar-refractivity contribution is 5.85. The minimum Gasteiger partial charge on any atom is -0.329 e. The maximum absolute atomic E-state index is 10.8. The average molecular weight is 179 g/mol. The van der Waals surface area contributed by atoms with Gasteiger partial charge in [-0.15, -0.1) is 12.4 Å². The Hall–Kier alpha value is -0.120. The number of Topliss-reactive ketones (excluding diaryl/α,β-unsaturated/α-hetero) is 1. The van der Waals surface area contributed by atoms with Gasteiger partial charge in [0.1, 0.15) is 5.78 Å². The molecular weight excluding hydrogens is 164 g/mol. The zero-order valence-electron chi connectivity index (χ0n) is 6.58. The van der Waals surface area contributed by atoms with Gasteiger partial charge in [-0.25, -0.2) is 0 Å². The van der Waals surface area contributed by atoms with Crippen LogP contribution < -0.4 is 5.73 Å². The van der Waals surface area contributed by atoms with Gasteiger partial charge in [-0.3, -0.25) is 4.79 Å². The lowest BCUT2D eigenvalue weighted by molar-refractivity contribution is -0.121. The maximum Gasteiger partial charge on any atom is 0.135 e. The fourth-order valence-corrected chi connectivity index (χ4v) is 1.21. The molecule has 1 rings (SSSR count). The number of piperidine rings is 1. The molecule has 2 N–H and O–H groups in total. The van der Waals surface area contributed by atoms with Crippen molar-refractivity contribution in [3.8, 4) is 0 Å². The van der Waals surface area contributed by atoms with E-state index in [0.717, 1.165) is 32.5 Å². The third kappa shape index (κ3) is 3.70. The summed E-state index contributed by atoms with van der Waals surface area (Å²) in [5.41, 5.74) is 5.37. The summed E-state index contributed by atoms with van der Waals surface area (Å²) in [7, 11) is 0. The summed E-state index contributed by atoms with van der Waals surface area (Å²) in [6.07, 6.45) is 1.44. The summed E-state index contributed by atoms with van der Waals surface area (Å²) in [6, 6.07) is 0. The van der Waals surface area contributed by atoms with Crippen LogP contribution in [0.5, 0.6) is 0 Å². The number of nitrogens with two attached hydrogens (primary N) is 1. The molecule has 0 amide bonds. The molecule has 0 radical (unpaired) electrons. The number of nitrogens with zero attached hydrogens (tertiary/aromatic N) is 1. The van der Waals surface area contributed by atoms with Crippen LogP contribution in [-0.4, -0.2) is 36.9 Å². The van der Waals surface area contributed by atoms with Gasteiger partial charge in [0.05, 0.1) is 0 Å². The standard InChI is InChI=1S/C7H14N2O.ClH/c8-3-6-9-4-1-7(10)2-5-9;/h1-6,8H2;1H. The normalized spacial score (nSPS) is 19.5. The number of carbonyl (C=O) groups excluding carboxylic acids is 1. The molecule has 66 valence electrons. The van der Waals surface area contributed by atoms with E-state index in [1.165, 1.54) is 0 Å². The second kappa shape index (κ2) is 5.52. The zero-order chi connectivity index (χ0) is 7.40. The van der Waals surface area contributed by atoms with E-state index in [1.54, 1.807) is 0 Å². The molecule has 0 atom stereocenters. The second-order valence-electron chi connectivity index (χ2n) is 2.67. The maximum atomic E-state index is 10.8. The van der Waals surface area contributed by atoms with Crippen molar-refractivity contribution in [2.75, 3.05) is 26.2 Å². The Balaban J connectivity index is 0.000001000.